The van der Waals surface area contributed by atoms with Crippen molar-refractivity contribution in [2.75, 3.05) is 12.4 Å². The Balaban J connectivity index is 1.80. The number of nitrogens with one attached hydrogen (secondary N) is 1. The molecule has 0 bridgehead atoms. The number of nitro groups is 1. The molecule has 0 aliphatic carbocycles. The average molecular weight is 355 g/mol. The molecular formula is C17H13N3O4S. The van der Waals surface area contributed by atoms with Crippen LogP contribution in [0.15, 0.2) is 53.9 Å². The van der Waals surface area contributed by atoms with Gasteiger partial charge in [0.1, 0.15) is 5.75 Å². The first-order chi connectivity index (χ1) is 12.1. The summed E-state index contributed by atoms with van der Waals surface area (Å²) in [5.41, 5.74) is 1.55. The Labute approximate surface area is 147 Å². The van der Waals surface area contributed by atoms with Crippen LogP contribution in [-0.2, 0) is 0 Å². The van der Waals surface area contributed by atoms with Crippen LogP contribution in [0.4, 0.5) is 10.8 Å². The van der Waals surface area contributed by atoms with E-state index in [2.05, 4.69) is 10.3 Å². The molecule has 3 aromatic rings. The first-order valence-corrected chi connectivity index (χ1v) is 8.11. The largest absolute Gasteiger partial charge is 0.496 e. The van der Waals surface area contributed by atoms with Crippen molar-refractivity contribution < 1.29 is 14.5 Å². The monoisotopic (exact) mass is 355 g/mol. The Morgan fingerprint density at radius 1 is 1.24 bits per heavy atom. The number of benzene rings is 2. The molecule has 0 spiro atoms. The van der Waals surface area contributed by atoms with Crippen LogP contribution in [0, 0.1) is 10.1 Å². The zero-order valence-electron chi connectivity index (χ0n) is 13.1. The molecule has 126 valence electrons. The number of nitrogens with zero attached hydrogens (tertiary/aromatic N) is 2. The van der Waals surface area contributed by atoms with E-state index in [1.807, 2.05) is 24.3 Å². The first kappa shape index (κ1) is 16.6. The maximum atomic E-state index is 12.3. The number of hydrogen-bond donors (Lipinski definition) is 1. The van der Waals surface area contributed by atoms with Crippen molar-refractivity contribution in [1.29, 1.82) is 0 Å². The number of aromatic nitrogens is 1. The summed E-state index contributed by atoms with van der Waals surface area (Å²) < 4.78 is 5.31. The lowest BCUT2D eigenvalue weighted by atomic mass is 10.1. The Bertz CT molecular complexity index is 939. The lowest BCUT2D eigenvalue weighted by Gasteiger charge is -2.05. The van der Waals surface area contributed by atoms with Crippen molar-refractivity contribution in [3.63, 3.8) is 0 Å². The number of ether oxygens (including phenoxy) is 1. The number of methoxy groups -OCH3 is 1. The van der Waals surface area contributed by atoms with Gasteiger partial charge in [0, 0.05) is 28.6 Å². The van der Waals surface area contributed by atoms with Gasteiger partial charge in [-0.05, 0) is 18.2 Å². The van der Waals surface area contributed by atoms with Crippen LogP contribution in [0.2, 0.25) is 0 Å². The van der Waals surface area contributed by atoms with E-state index in [9.17, 15) is 14.9 Å². The lowest BCUT2D eigenvalue weighted by molar-refractivity contribution is -0.384. The molecule has 0 radical (unpaired) electrons. The summed E-state index contributed by atoms with van der Waals surface area (Å²) in [5, 5.41) is 15.7. The summed E-state index contributed by atoms with van der Waals surface area (Å²) in [5.74, 6) is 0.231. The van der Waals surface area contributed by atoms with Crippen LogP contribution in [0.25, 0.3) is 11.3 Å². The Hall–Kier alpha value is -3.26. The number of non-ortho nitro benzene ring substituents is 1. The number of nitro benzene ring substituents is 1. The predicted molar refractivity (Wildman–Crippen MR) is 95.2 cm³/mol. The fourth-order valence-electron chi connectivity index (χ4n) is 2.24. The van der Waals surface area contributed by atoms with E-state index in [-0.39, 0.29) is 11.3 Å². The number of amides is 1. The molecule has 1 N–H and O–H groups in total. The highest BCUT2D eigenvalue weighted by atomic mass is 32.1. The Kier molecular flexibility index (Phi) is 4.71. The van der Waals surface area contributed by atoms with E-state index >= 15 is 0 Å². The third-order valence-corrected chi connectivity index (χ3v) is 4.18. The van der Waals surface area contributed by atoms with E-state index < -0.39 is 10.8 Å². The molecule has 7 nitrogen and oxygen atoms in total. The smallest absolute Gasteiger partial charge is 0.270 e. The second kappa shape index (κ2) is 7.10. The standard InChI is InChI=1S/C17H13N3O4S/c1-24-15-8-3-2-7-13(15)14-10-25-17(18-14)19-16(21)11-5-4-6-12(9-11)20(22)23/h2-10H,1H3,(H,18,19,21). The Morgan fingerprint density at radius 2 is 2.04 bits per heavy atom. The summed E-state index contributed by atoms with van der Waals surface area (Å²) in [6, 6.07) is 13.0. The first-order valence-electron chi connectivity index (χ1n) is 7.23. The van der Waals surface area contributed by atoms with Crippen molar-refractivity contribution >= 4 is 28.1 Å². The quantitative estimate of drug-likeness (QED) is 0.552. The second-order valence-corrected chi connectivity index (χ2v) is 5.86. The molecule has 25 heavy (non-hydrogen) atoms. The summed E-state index contributed by atoms with van der Waals surface area (Å²) in [6.45, 7) is 0. The molecule has 0 aliphatic rings. The van der Waals surface area contributed by atoms with E-state index in [1.165, 1.54) is 35.6 Å². The molecule has 1 aromatic heterocycles. The van der Waals surface area contributed by atoms with Crippen LogP contribution < -0.4 is 10.1 Å². The fourth-order valence-corrected chi connectivity index (χ4v) is 2.95. The SMILES string of the molecule is COc1ccccc1-c1csc(NC(=O)c2cccc([N+](=O)[O-])c2)n1. The van der Waals surface area contributed by atoms with Gasteiger partial charge in [-0.25, -0.2) is 4.98 Å². The topological polar surface area (TPSA) is 94.4 Å². The number of thiazole rings is 1. The second-order valence-electron chi connectivity index (χ2n) is 5.00. The van der Waals surface area contributed by atoms with E-state index in [1.54, 1.807) is 12.5 Å². The zero-order valence-corrected chi connectivity index (χ0v) is 13.9. The summed E-state index contributed by atoms with van der Waals surface area (Å²) in [7, 11) is 1.58. The van der Waals surface area contributed by atoms with Gasteiger partial charge in [0.15, 0.2) is 5.13 Å². The van der Waals surface area contributed by atoms with Crippen molar-refractivity contribution in [3.05, 3.63) is 69.6 Å². The van der Waals surface area contributed by atoms with Gasteiger partial charge in [-0.3, -0.25) is 20.2 Å². The summed E-state index contributed by atoms with van der Waals surface area (Å²) in [6.07, 6.45) is 0. The minimum absolute atomic E-state index is 0.138. The molecule has 0 saturated carbocycles. The molecule has 0 unspecified atom stereocenters. The molecule has 0 atom stereocenters. The molecule has 0 aliphatic heterocycles. The average Bonchev–Trinajstić information content (AvgIpc) is 3.10. The maximum Gasteiger partial charge on any atom is 0.270 e. The van der Waals surface area contributed by atoms with Gasteiger partial charge < -0.3 is 4.74 Å². The lowest BCUT2D eigenvalue weighted by Crippen LogP contribution is -2.11. The third kappa shape index (κ3) is 3.64. The number of hydrogen-bond acceptors (Lipinski definition) is 6. The van der Waals surface area contributed by atoms with Gasteiger partial charge in [-0.15, -0.1) is 11.3 Å². The molecule has 0 saturated heterocycles. The number of rotatable bonds is 5. The Morgan fingerprint density at radius 3 is 2.80 bits per heavy atom. The summed E-state index contributed by atoms with van der Waals surface area (Å²) in [4.78, 5) is 26.9. The van der Waals surface area contributed by atoms with Crippen LogP contribution in [0.1, 0.15) is 10.4 Å². The van der Waals surface area contributed by atoms with Crippen molar-refractivity contribution in [2.24, 2.45) is 0 Å². The third-order valence-electron chi connectivity index (χ3n) is 3.43. The van der Waals surface area contributed by atoms with Gasteiger partial charge in [-0.2, -0.15) is 0 Å². The maximum absolute atomic E-state index is 12.3. The van der Waals surface area contributed by atoms with Gasteiger partial charge in [0.25, 0.3) is 11.6 Å². The van der Waals surface area contributed by atoms with E-state index in [4.69, 9.17) is 4.74 Å². The molecule has 1 heterocycles. The number of carbonyl (C=O) groups excluding carboxylic acids is 1. The van der Waals surface area contributed by atoms with Crippen molar-refractivity contribution in [1.82, 2.24) is 4.98 Å². The van der Waals surface area contributed by atoms with Crippen molar-refractivity contribution in [3.8, 4) is 17.0 Å². The minimum Gasteiger partial charge on any atom is -0.496 e. The predicted octanol–water partition coefficient (Wildman–Crippen LogP) is 3.98. The van der Waals surface area contributed by atoms with Crippen LogP contribution in [0.5, 0.6) is 5.75 Å². The number of carbonyl (C=O) groups is 1. The van der Waals surface area contributed by atoms with Gasteiger partial charge >= 0.3 is 0 Å². The van der Waals surface area contributed by atoms with Gasteiger partial charge in [-0.1, -0.05) is 18.2 Å². The highest BCUT2D eigenvalue weighted by molar-refractivity contribution is 7.14. The number of anilines is 1. The fraction of sp³-hybridized carbons (Fsp3) is 0.0588. The molecule has 0 fully saturated rings. The highest BCUT2D eigenvalue weighted by Gasteiger charge is 2.14. The van der Waals surface area contributed by atoms with E-state index in [0.717, 1.165) is 5.56 Å². The molecule has 8 heteroatoms. The summed E-state index contributed by atoms with van der Waals surface area (Å²) >= 11 is 1.26. The van der Waals surface area contributed by atoms with Crippen LogP contribution in [-0.4, -0.2) is 22.9 Å². The van der Waals surface area contributed by atoms with Crippen molar-refractivity contribution in [2.45, 2.75) is 0 Å². The number of para-hydroxylation sites is 1. The zero-order chi connectivity index (χ0) is 17.8. The van der Waals surface area contributed by atoms with Gasteiger partial charge in [0.05, 0.1) is 17.7 Å². The highest BCUT2D eigenvalue weighted by Crippen LogP contribution is 2.32. The van der Waals surface area contributed by atoms with Crippen LogP contribution in [0.3, 0.4) is 0 Å². The normalized spacial score (nSPS) is 10.3. The van der Waals surface area contributed by atoms with Crippen LogP contribution >= 0.6 is 11.3 Å². The molecule has 3 rings (SSSR count). The minimum atomic E-state index is -0.542. The molecule has 2 aromatic carbocycles. The van der Waals surface area contributed by atoms with Gasteiger partial charge in [0.2, 0.25) is 0 Å². The molecular weight excluding hydrogens is 342 g/mol. The molecule has 1 amide bonds. The van der Waals surface area contributed by atoms with E-state index in [0.29, 0.717) is 16.6 Å².